The highest BCUT2D eigenvalue weighted by Gasteiger charge is 2.48. The number of aliphatic hydroxyl groups excluding tert-OH is 7. The summed E-state index contributed by atoms with van der Waals surface area (Å²) in [6, 6.07) is -1.61. The van der Waals surface area contributed by atoms with Gasteiger partial charge in [0, 0.05) is 0 Å². The highest BCUT2D eigenvalue weighted by atomic mass is 16.7. The molecule has 1 heterocycles. The molecule has 6 unspecified atom stereocenters. The van der Waals surface area contributed by atoms with E-state index >= 15 is 0 Å². The first kappa shape index (κ1) is 21.3. The molecule has 1 saturated heterocycles. The number of hydrogen-bond donors (Lipinski definition) is 7. The Kier molecular flexibility index (Phi) is 8.56. The molecule has 1 fully saturated rings. The Morgan fingerprint density at radius 3 is 2.21 bits per heavy atom. The van der Waals surface area contributed by atoms with E-state index in [9.17, 15) is 30.4 Å². The van der Waals surface area contributed by atoms with Crippen LogP contribution >= 0.6 is 0 Å². The van der Waals surface area contributed by atoms with Gasteiger partial charge in [-0.25, -0.2) is 0 Å². The van der Waals surface area contributed by atoms with Gasteiger partial charge in [-0.05, 0) is 6.42 Å². The summed E-state index contributed by atoms with van der Waals surface area (Å²) in [5, 5.41) is 70.0. The first-order valence-corrected chi connectivity index (χ1v) is 7.57. The van der Waals surface area contributed by atoms with E-state index in [1.54, 1.807) is 6.92 Å². The summed E-state index contributed by atoms with van der Waals surface area (Å²) in [5.74, 6) is 0. The minimum atomic E-state index is -1.71. The topological polar surface area (TPSA) is 190 Å². The van der Waals surface area contributed by atoms with Crippen LogP contribution in [-0.2, 0) is 9.47 Å². The maximum Gasteiger partial charge on any atom is 0.187 e. The molecule has 0 aromatic heterocycles. The van der Waals surface area contributed by atoms with Gasteiger partial charge in [0.2, 0.25) is 0 Å². The van der Waals surface area contributed by atoms with Crippen LogP contribution < -0.4 is 0 Å². The lowest BCUT2D eigenvalue weighted by Crippen LogP contribution is -2.61. The standard InChI is InChI=1S/C13H25NO10/c1-2-5(17)9(19)12(6(18)3-15)24-13-8(14-22)11(21)10(20)7(4-16)23-13/h5-13,15-21H,2-4H2,1H3/t5?,6?,7?,8-,9?,10+,11?,12?,13-/m0/s1. The summed E-state index contributed by atoms with van der Waals surface area (Å²) >= 11 is 0. The molecule has 7 N–H and O–H groups in total. The lowest BCUT2D eigenvalue weighted by Gasteiger charge is -2.41. The second-order valence-electron chi connectivity index (χ2n) is 5.62. The first-order chi connectivity index (χ1) is 11.3. The molecule has 0 saturated carbocycles. The van der Waals surface area contributed by atoms with Crippen LogP contribution in [0.5, 0.6) is 0 Å². The van der Waals surface area contributed by atoms with E-state index in [0.717, 1.165) is 0 Å². The summed E-state index contributed by atoms with van der Waals surface area (Å²) in [4.78, 5) is 10.9. The largest absolute Gasteiger partial charge is 0.394 e. The van der Waals surface area contributed by atoms with E-state index in [4.69, 9.17) is 19.7 Å². The van der Waals surface area contributed by atoms with Crippen molar-refractivity contribution in [1.82, 2.24) is 0 Å². The van der Waals surface area contributed by atoms with E-state index in [2.05, 4.69) is 5.18 Å². The second kappa shape index (κ2) is 9.65. The lowest BCUT2D eigenvalue weighted by molar-refractivity contribution is -0.298. The Morgan fingerprint density at radius 2 is 1.75 bits per heavy atom. The zero-order valence-electron chi connectivity index (χ0n) is 13.1. The minimum absolute atomic E-state index is 0.112. The van der Waals surface area contributed by atoms with Crippen molar-refractivity contribution >= 4 is 0 Å². The van der Waals surface area contributed by atoms with Gasteiger partial charge in [-0.2, -0.15) is 4.91 Å². The normalized spacial score (nSPS) is 35.9. The molecule has 24 heavy (non-hydrogen) atoms. The number of rotatable bonds is 9. The van der Waals surface area contributed by atoms with Crippen LogP contribution in [0.1, 0.15) is 13.3 Å². The van der Waals surface area contributed by atoms with Crippen molar-refractivity contribution in [2.45, 2.75) is 68.4 Å². The van der Waals surface area contributed by atoms with Crippen molar-refractivity contribution in [2.75, 3.05) is 13.2 Å². The van der Waals surface area contributed by atoms with Gasteiger partial charge >= 0.3 is 0 Å². The van der Waals surface area contributed by atoms with Gasteiger partial charge in [0.25, 0.3) is 0 Å². The molecule has 1 rings (SSSR count). The molecule has 1 aliphatic rings. The maximum atomic E-state index is 10.9. The number of ether oxygens (including phenoxy) is 2. The molecule has 0 aliphatic carbocycles. The van der Waals surface area contributed by atoms with Gasteiger partial charge in [0.05, 0.1) is 19.3 Å². The van der Waals surface area contributed by atoms with Gasteiger partial charge in [0.15, 0.2) is 12.3 Å². The van der Waals surface area contributed by atoms with Crippen molar-refractivity contribution in [3.8, 4) is 0 Å². The van der Waals surface area contributed by atoms with Crippen LogP contribution in [0.2, 0.25) is 0 Å². The lowest BCUT2D eigenvalue weighted by atomic mass is 9.97. The van der Waals surface area contributed by atoms with E-state index in [-0.39, 0.29) is 6.42 Å². The highest BCUT2D eigenvalue weighted by Crippen LogP contribution is 2.27. The van der Waals surface area contributed by atoms with Gasteiger partial charge in [-0.15, -0.1) is 0 Å². The van der Waals surface area contributed by atoms with Crippen LogP contribution in [0.3, 0.4) is 0 Å². The maximum absolute atomic E-state index is 10.9. The molecule has 0 spiro atoms. The van der Waals surface area contributed by atoms with E-state index in [1.807, 2.05) is 0 Å². The molecule has 9 atom stereocenters. The third kappa shape index (κ3) is 4.65. The van der Waals surface area contributed by atoms with Crippen LogP contribution in [0.4, 0.5) is 0 Å². The zero-order valence-corrected chi connectivity index (χ0v) is 13.1. The Balaban J connectivity index is 2.98. The summed E-state index contributed by atoms with van der Waals surface area (Å²) in [6.07, 6.45) is -12.2. The number of hydrogen-bond acceptors (Lipinski definition) is 11. The molecule has 142 valence electrons. The van der Waals surface area contributed by atoms with Crippen LogP contribution in [0.15, 0.2) is 5.18 Å². The Hall–Kier alpha value is -0.760. The van der Waals surface area contributed by atoms with Crippen molar-refractivity contribution in [1.29, 1.82) is 0 Å². The fourth-order valence-electron chi connectivity index (χ4n) is 2.41. The third-order valence-corrected chi connectivity index (χ3v) is 3.98. The molecule has 11 nitrogen and oxygen atoms in total. The summed E-state index contributed by atoms with van der Waals surface area (Å²) < 4.78 is 10.4. The smallest absolute Gasteiger partial charge is 0.187 e. The summed E-state index contributed by atoms with van der Waals surface area (Å²) in [6.45, 7) is 0.0424. The zero-order chi connectivity index (χ0) is 18.4. The number of nitroso groups, excluding NO2 is 1. The predicted molar refractivity (Wildman–Crippen MR) is 77.6 cm³/mol. The SMILES string of the molecule is CCC(O)C(O)C(O[C@@H]1OC(CO)[C@@H](O)C(O)[C@@H]1N=O)C(O)CO. The van der Waals surface area contributed by atoms with Gasteiger partial charge in [-0.3, -0.25) is 0 Å². The molecule has 0 aromatic rings. The molecular formula is C13H25NO10. The fourth-order valence-corrected chi connectivity index (χ4v) is 2.41. The van der Waals surface area contributed by atoms with E-state index < -0.39 is 68.3 Å². The molecular weight excluding hydrogens is 330 g/mol. The van der Waals surface area contributed by atoms with E-state index in [1.165, 1.54) is 0 Å². The monoisotopic (exact) mass is 355 g/mol. The Labute approximate surface area is 138 Å². The molecule has 1 aliphatic heterocycles. The first-order valence-electron chi connectivity index (χ1n) is 7.57. The molecule has 0 aromatic carbocycles. The number of nitrogens with zero attached hydrogens (tertiary/aromatic N) is 1. The molecule has 0 radical (unpaired) electrons. The predicted octanol–water partition coefficient (Wildman–Crippen LogP) is -3.57. The van der Waals surface area contributed by atoms with E-state index in [0.29, 0.717) is 0 Å². The average Bonchev–Trinajstić information content (AvgIpc) is 2.60. The quantitative estimate of drug-likeness (QED) is 0.204. The molecule has 11 heteroatoms. The minimum Gasteiger partial charge on any atom is -0.394 e. The molecule has 0 bridgehead atoms. The second-order valence-corrected chi connectivity index (χ2v) is 5.62. The van der Waals surface area contributed by atoms with Gasteiger partial charge in [0.1, 0.15) is 36.6 Å². The number of aliphatic hydroxyl groups is 7. The van der Waals surface area contributed by atoms with Crippen molar-refractivity contribution in [3.63, 3.8) is 0 Å². The van der Waals surface area contributed by atoms with Gasteiger partial charge < -0.3 is 45.2 Å². The van der Waals surface area contributed by atoms with Crippen molar-refractivity contribution in [3.05, 3.63) is 4.91 Å². The highest BCUT2D eigenvalue weighted by molar-refractivity contribution is 4.94. The van der Waals surface area contributed by atoms with Crippen LogP contribution in [0, 0.1) is 4.91 Å². The fraction of sp³-hybridized carbons (Fsp3) is 1.00. The van der Waals surface area contributed by atoms with Crippen molar-refractivity contribution < 1.29 is 45.2 Å². The third-order valence-electron chi connectivity index (χ3n) is 3.98. The van der Waals surface area contributed by atoms with Gasteiger partial charge in [-0.1, -0.05) is 12.1 Å². The molecule has 0 amide bonds. The summed E-state index contributed by atoms with van der Waals surface area (Å²) in [7, 11) is 0. The Bertz CT molecular complexity index is 386. The van der Waals surface area contributed by atoms with Crippen molar-refractivity contribution in [2.24, 2.45) is 5.18 Å². The average molecular weight is 355 g/mol. The van der Waals surface area contributed by atoms with Crippen LogP contribution in [-0.4, -0.2) is 104 Å². The van der Waals surface area contributed by atoms with Crippen LogP contribution in [0.25, 0.3) is 0 Å². The Morgan fingerprint density at radius 1 is 1.12 bits per heavy atom. The summed E-state index contributed by atoms with van der Waals surface area (Å²) in [5.41, 5.74) is 0.